The summed E-state index contributed by atoms with van der Waals surface area (Å²) in [6.45, 7) is 0.435. The Morgan fingerprint density at radius 3 is 2.29 bits per heavy atom. The molecule has 0 unspecified atom stereocenters. The molecule has 0 aromatic heterocycles. The summed E-state index contributed by atoms with van der Waals surface area (Å²) in [6.07, 6.45) is 2.39. The Bertz CT molecular complexity index is 235. The highest BCUT2D eigenvalue weighted by atomic mass is 16.7. The van der Waals surface area contributed by atoms with Crippen molar-refractivity contribution in [2.75, 3.05) is 27.8 Å². The summed E-state index contributed by atoms with van der Waals surface area (Å²) in [6, 6.07) is 0. The second-order valence-corrected chi connectivity index (χ2v) is 4.63. The zero-order valence-corrected chi connectivity index (χ0v) is 10.9. The van der Waals surface area contributed by atoms with E-state index in [1.807, 2.05) is 0 Å². The lowest BCUT2D eigenvalue weighted by Crippen LogP contribution is -2.40. The summed E-state index contributed by atoms with van der Waals surface area (Å²) in [4.78, 5) is 13.8. The molecule has 1 amide bonds. The summed E-state index contributed by atoms with van der Waals surface area (Å²) in [5.41, 5.74) is 0. The van der Waals surface area contributed by atoms with Crippen molar-refractivity contribution in [2.45, 2.75) is 38.1 Å². The van der Waals surface area contributed by atoms with Gasteiger partial charge in [-0.05, 0) is 25.7 Å². The van der Waals surface area contributed by atoms with Gasteiger partial charge in [0, 0.05) is 27.2 Å². The Kier molecular flexibility index (Phi) is 5.88. The van der Waals surface area contributed by atoms with Crippen LogP contribution in [-0.4, -0.2) is 56.1 Å². The molecule has 0 radical (unpaired) electrons. The molecule has 17 heavy (non-hydrogen) atoms. The van der Waals surface area contributed by atoms with Crippen molar-refractivity contribution in [3.05, 3.63) is 0 Å². The summed E-state index contributed by atoms with van der Waals surface area (Å²) in [5, 5.41) is 9.40. The molecule has 0 aromatic carbocycles. The van der Waals surface area contributed by atoms with Crippen LogP contribution in [-0.2, 0) is 14.3 Å². The zero-order valence-electron chi connectivity index (χ0n) is 10.9. The van der Waals surface area contributed by atoms with Crippen LogP contribution < -0.4 is 0 Å². The van der Waals surface area contributed by atoms with E-state index in [0.717, 1.165) is 25.7 Å². The Morgan fingerprint density at radius 1 is 1.29 bits per heavy atom. The first-order chi connectivity index (χ1) is 8.08. The third-order valence-electron chi connectivity index (χ3n) is 3.37. The summed E-state index contributed by atoms with van der Waals surface area (Å²) in [5.74, 6) is 0.161. The molecule has 1 aliphatic rings. The fraction of sp³-hybridized carbons (Fsp3) is 0.917. The minimum absolute atomic E-state index is 0.0396. The van der Waals surface area contributed by atoms with Gasteiger partial charge in [-0.15, -0.1) is 0 Å². The van der Waals surface area contributed by atoms with Crippen LogP contribution >= 0.6 is 0 Å². The highest BCUT2D eigenvalue weighted by Gasteiger charge is 2.28. The van der Waals surface area contributed by atoms with Crippen molar-refractivity contribution in [1.29, 1.82) is 0 Å². The van der Waals surface area contributed by atoms with Crippen LogP contribution in [0.5, 0.6) is 0 Å². The lowest BCUT2D eigenvalue weighted by molar-refractivity contribution is -0.148. The quantitative estimate of drug-likeness (QED) is 0.721. The van der Waals surface area contributed by atoms with Crippen LogP contribution in [0.2, 0.25) is 0 Å². The zero-order chi connectivity index (χ0) is 12.8. The molecule has 0 aliphatic heterocycles. The smallest absolute Gasteiger partial charge is 0.225 e. The van der Waals surface area contributed by atoms with Crippen molar-refractivity contribution in [1.82, 2.24) is 4.90 Å². The number of carbonyl (C=O) groups excluding carboxylic acids is 1. The molecule has 1 aliphatic carbocycles. The second-order valence-electron chi connectivity index (χ2n) is 4.63. The van der Waals surface area contributed by atoms with E-state index in [-0.39, 0.29) is 24.2 Å². The Morgan fingerprint density at radius 2 is 1.82 bits per heavy atom. The first kappa shape index (κ1) is 14.4. The van der Waals surface area contributed by atoms with Gasteiger partial charge in [-0.2, -0.15) is 0 Å². The van der Waals surface area contributed by atoms with Crippen LogP contribution in [0.3, 0.4) is 0 Å². The maximum Gasteiger partial charge on any atom is 0.225 e. The fourth-order valence-corrected chi connectivity index (χ4v) is 2.19. The predicted molar refractivity (Wildman–Crippen MR) is 63.4 cm³/mol. The van der Waals surface area contributed by atoms with E-state index in [4.69, 9.17) is 9.47 Å². The van der Waals surface area contributed by atoms with Gasteiger partial charge in [-0.3, -0.25) is 4.79 Å². The molecule has 5 heteroatoms. The van der Waals surface area contributed by atoms with Gasteiger partial charge >= 0.3 is 0 Å². The molecule has 1 fully saturated rings. The van der Waals surface area contributed by atoms with Gasteiger partial charge in [0.15, 0.2) is 6.29 Å². The minimum atomic E-state index is -0.377. The van der Waals surface area contributed by atoms with Gasteiger partial charge < -0.3 is 19.5 Å². The number of aliphatic hydroxyl groups is 1. The SMILES string of the molecule is COC(CN(C)C(=O)[C@H]1CC[C@H](O)CC1)OC. The largest absolute Gasteiger partial charge is 0.393 e. The number of rotatable bonds is 5. The van der Waals surface area contributed by atoms with Crippen LogP contribution in [0.15, 0.2) is 0 Å². The van der Waals surface area contributed by atoms with Gasteiger partial charge in [0.2, 0.25) is 5.91 Å². The van der Waals surface area contributed by atoms with Crippen molar-refractivity contribution in [2.24, 2.45) is 5.92 Å². The minimum Gasteiger partial charge on any atom is -0.393 e. The number of ether oxygens (including phenoxy) is 2. The highest BCUT2D eigenvalue weighted by molar-refractivity contribution is 5.78. The third-order valence-corrected chi connectivity index (χ3v) is 3.37. The number of likely N-dealkylation sites (N-methyl/N-ethyl adjacent to an activating group) is 1. The molecule has 1 saturated carbocycles. The molecule has 0 heterocycles. The van der Waals surface area contributed by atoms with Crippen molar-refractivity contribution < 1.29 is 19.4 Å². The van der Waals surface area contributed by atoms with Gasteiger partial charge in [0.25, 0.3) is 0 Å². The summed E-state index contributed by atoms with van der Waals surface area (Å²) >= 11 is 0. The van der Waals surface area contributed by atoms with Gasteiger partial charge in [0.05, 0.1) is 12.6 Å². The number of aliphatic hydroxyl groups excluding tert-OH is 1. The topological polar surface area (TPSA) is 59.0 Å². The predicted octanol–water partition coefficient (Wildman–Crippen LogP) is 0.615. The molecule has 1 rings (SSSR count). The first-order valence-corrected chi connectivity index (χ1v) is 6.07. The molecule has 0 spiro atoms. The van der Waals surface area contributed by atoms with Gasteiger partial charge in [-0.25, -0.2) is 0 Å². The van der Waals surface area contributed by atoms with Crippen LogP contribution in [0, 0.1) is 5.92 Å². The van der Waals surface area contributed by atoms with E-state index >= 15 is 0 Å². The second kappa shape index (κ2) is 6.93. The number of amides is 1. The monoisotopic (exact) mass is 245 g/mol. The third kappa shape index (κ3) is 4.26. The molecule has 1 N–H and O–H groups in total. The molecule has 0 atom stereocenters. The first-order valence-electron chi connectivity index (χ1n) is 6.07. The number of hydrogen-bond donors (Lipinski definition) is 1. The molecule has 100 valence electrons. The molecule has 0 saturated heterocycles. The van der Waals surface area contributed by atoms with E-state index in [0.29, 0.717) is 6.54 Å². The van der Waals surface area contributed by atoms with Gasteiger partial charge in [0.1, 0.15) is 0 Å². The maximum atomic E-state index is 12.1. The lowest BCUT2D eigenvalue weighted by Gasteiger charge is -2.29. The summed E-state index contributed by atoms with van der Waals surface area (Å²) < 4.78 is 10.1. The van der Waals surface area contributed by atoms with E-state index in [9.17, 15) is 9.90 Å². The maximum absolute atomic E-state index is 12.1. The molecule has 5 nitrogen and oxygen atoms in total. The van der Waals surface area contributed by atoms with Gasteiger partial charge in [-0.1, -0.05) is 0 Å². The highest BCUT2D eigenvalue weighted by Crippen LogP contribution is 2.25. The number of carbonyl (C=O) groups is 1. The average molecular weight is 245 g/mol. The van der Waals surface area contributed by atoms with E-state index in [1.165, 1.54) is 0 Å². The van der Waals surface area contributed by atoms with Crippen LogP contribution in [0.4, 0.5) is 0 Å². The van der Waals surface area contributed by atoms with Crippen molar-refractivity contribution >= 4 is 5.91 Å². The van der Waals surface area contributed by atoms with E-state index in [2.05, 4.69) is 0 Å². The van der Waals surface area contributed by atoms with Crippen LogP contribution in [0.1, 0.15) is 25.7 Å². The fourth-order valence-electron chi connectivity index (χ4n) is 2.19. The Balaban J connectivity index is 2.40. The van der Waals surface area contributed by atoms with E-state index in [1.54, 1.807) is 26.2 Å². The molecule has 0 bridgehead atoms. The number of hydrogen-bond acceptors (Lipinski definition) is 4. The summed E-state index contributed by atoms with van der Waals surface area (Å²) in [7, 11) is 4.88. The van der Waals surface area contributed by atoms with E-state index < -0.39 is 0 Å². The Labute approximate surface area is 103 Å². The molecular weight excluding hydrogens is 222 g/mol. The molecular formula is C12H23NO4. The lowest BCUT2D eigenvalue weighted by atomic mass is 9.86. The van der Waals surface area contributed by atoms with Crippen molar-refractivity contribution in [3.63, 3.8) is 0 Å². The number of methoxy groups -OCH3 is 2. The average Bonchev–Trinajstić information content (AvgIpc) is 2.35. The standard InChI is InChI=1S/C12H23NO4/c1-13(8-11(16-2)17-3)12(15)9-4-6-10(14)7-5-9/h9-11,14H,4-8H2,1-3H3/t9-,10-. The normalized spacial score (nSPS) is 25.0. The number of nitrogens with zero attached hydrogens (tertiary/aromatic N) is 1. The Hall–Kier alpha value is -0.650. The van der Waals surface area contributed by atoms with Crippen LogP contribution in [0.25, 0.3) is 0 Å². The van der Waals surface area contributed by atoms with Crippen molar-refractivity contribution in [3.8, 4) is 0 Å². The molecule has 0 aromatic rings.